The summed E-state index contributed by atoms with van der Waals surface area (Å²) in [5, 5.41) is 12.9. The maximum absolute atomic E-state index is 14.6. The van der Waals surface area contributed by atoms with Gasteiger partial charge in [-0.1, -0.05) is 24.3 Å². The number of hydrogen-bond acceptors (Lipinski definition) is 4. The highest BCUT2D eigenvalue weighted by atomic mass is 19.1. The lowest BCUT2D eigenvalue weighted by atomic mass is 9.88. The molecule has 1 aromatic rings. The summed E-state index contributed by atoms with van der Waals surface area (Å²) in [7, 11) is 0. The second kappa shape index (κ2) is 7.81. The fraction of sp³-hybridized carbons (Fsp3) is 0.435. The van der Waals surface area contributed by atoms with Crippen molar-refractivity contribution in [2.24, 2.45) is 11.8 Å². The summed E-state index contributed by atoms with van der Waals surface area (Å²) in [6, 6.07) is 7.42. The molecular formula is C23H23FN2O2. The van der Waals surface area contributed by atoms with Crippen LogP contribution in [0.3, 0.4) is 0 Å². The molecule has 5 heteroatoms. The van der Waals surface area contributed by atoms with Gasteiger partial charge in [0, 0.05) is 18.9 Å². The van der Waals surface area contributed by atoms with Crippen molar-refractivity contribution in [3.8, 4) is 6.07 Å². The van der Waals surface area contributed by atoms with Gasteiger partial charge in [0.2, 0.25) is 0 Å². The van der Waals surface area contributed by atoms with E-state index in [-0.39, 0.29) is 36.3 Å². The van der Waals surface area contributed by atoms with Crippen LogP contribution in [0.1, 0.15) is 43.2 Å². The molecule has 1 saturated heterocycles. The van der Waals surface area contributed by atoms with Gasteiger partial charge in [-0.3, -0.25) is 9.59 Å². The lowest BCUT2D eigenvalue weighted by Crippen LogP contribution is -2.42. The highest BCUT2D eigenvalue weighted by Crippen LogP contribution is 2.36. The SMILES string of the molecule is N#C[C@@H](CC(=O)[C@H]1N[C@@H]2CC[C@H]1C2)Cc1ccc(C2=CCC(=O)C=C2)cc1F. The number of piperidine rings is 1. The highest BCUT2D eigenvalue weighted by molar-refractivity contribution is 5.97. The maximum Gasteiger partial charge on any atom is 0.159 e. The number of carbonyl (C=O) groups is 2. The van der Waals surface area contributed by atoms with Crippen LogP contribution in [0.25, 0.3) is 5.57 Å². The largest absolute Gasteiger partial charge is 0.304 e. The van der Waals surface area contributed by atoms with Crippen molar-refractivity contribution in [1.29, 1.82) is 5.26 Å². The van der Waals surface area contributed by atoms with E-state index in [1.165, 1.54) is 12.1 Å². The van der Waals surface area contributed by atoms with Crippen LogP contribution in [0, 0.1) is 29.0 Å². The molecule has 4 nitrogen and oxygen atoms in total. The molecule has 1 heterocycles. The predicted molar refractivity (Wildman–Crippen MR) is 104 cm³/mol. The molecule has 0 radical (unpaired) electrons. The van der Waals surface area contributed by atoms with Crippen LogP contribution in [-0.4, -0.2) is 23.7 Å². The summed E-state index contributed by atoms with van der Waals surface area (Å²) >= 11 is 0. The van der Waals surface area contributed by atoms with Gasteiger partial charge in [0.25, 0.3) is 0 Å². The third kappa shape index (κ3) is 3.83. The first-order valence-corrected chi connectivity index (χ1v) is 9.91. The van der Waals surface area contributed by atoms with E-state index in [1.54, 1.807) is 24.3 Å². The molecule has 1 aromatic carbocycles. The maximum atomic E-state index is 14.6. The van der Waals surface area contributed by atoms with E-state index in [0.29, 0.717) is 29.5 Å². The summed E-state index contributed by atoms with van der Waals surface area (Å²) in [6.07, 6.45) is 8.96. The molecule has 3 aliphatic rings. The Hall–Kier alpha value is -2.58. The molecule has 0 spiro atoms. The number of ketones is 2. The fourth-order valence-electron chi connectivity index (χ4n) is 4.65. The molecule has 0 aromatic heterocycles. The molecule has 2 bridgehead atoms. The minimum absolute atomic E-state index is 0.0346. The van der Waals surface area contributed by atoms with Crippen LogP contribution in [0.2, 0.25) is 0 Å². The fourth-order valence-corrected chi connectivity index (χ4v) is 4.65. The number of nitriles is 1. The molecule has 2 aliphatic carbocycles. The minimum atomic E-state index is -0.528. The first-order chi connectivity index (χ1) is 13.5. The average Bonchev–Trinajstić information content (AvgIpc) is 3.33. The van der Waals surface area contributed by atoms with Crippen molar-refractivity contribution in [2.45, 2.75) is 50.6 Å². The minimum Gasteiger partial charge on any atom is -0.304 e. The summed E-state index contributed by atoms with van der Waals surface area (Å²) in [6.45, 7) is 0. The number of carbonyl (C=O) groups excluding carboxylic acids is 2. The highest BCUT2D eigenvalue weighted by Gasteiger charge is 2.42. The van der Waals surface area contributed by atoms with Gasteiger partial charge in [-0.15, -0.1) is 0 Å². The number of Topliss-reactive ketones (excluding diaryl/α,β-unsaturated/α-hetero) is 1. The van der Waals surface area contributed by atoms with E-state index in [1.807, 2.05) is 0 Å². The van der Waals surface area contributed by atoms with E-state index < -0.39 is 5.92 Å². The molecule has 0 amide bonds. The number of fused-ring (bicyclic) bond motifs is 2. The first-order valence-electron chi connectivity index (χ1n) is 9.91. The normalized spacial score (nSPS) is 26.8. The van der Waals surface area contributed by atoms with Gasteiger partial charge < -0.3 is 5.32 Å². The number of nitrogens with one attached hydrogen (secondary N) is 1. The van der Waals surface area contributed by atoms with Gasteiger partial charge in [0.15, 0.2) is 11.6 Å². The monoisotopic (exact) mass is 378 g/mol. The Morgan fingerprint density at radius 2 is 2.18 bits per heavy atom. The number of halogens is 1. The van der Waals surface area contributed by atoms with E-state index in [0.717, 1.165) is 24.8 Å². The Morgan fingerprint density at radius 1 is 1.32 bits per heavy atom. The predicted octanol–water partition coefficient (Wildman–Crippen LogP) is 3.52. The molecule has 4 atom stereocenters. The Bertz CT molecular complexity index is 912. The van der Waals surface area contributed by atoms with Crippen LogP contribution >= 0.6 is 0 Å². The van der Waals surface area contributed by atoms with Crippen molar-refractivity contribution < 1.29 is 14.0 Å². The second-order valence-corrected chi connectivity index (χ2v) is 8.08. The molecular weight excluding hydrogens is 355 g/mol. The van der Waals surface area contributed by atoms with Crippen LogP contribution < -0.4 is 5.32 Å². The first kappa shape index (κ1) is 18.8. The van der Waals surface area contributed by atoms with Crippen LogP contribution in [0.5, 0.6) is 0 Å². The van der Waals surface area contributed by atoms with Gasteiger partial charge in [-0.2, -0.15) is 5.26 Å². The van der Waals surface area contributed by atoms with Crippen molar-refractivity contribution in [2.75, 3.05) is 0 Å². The Labute approximate surface area is 164 Å². The number of benzene rings is 1. The number of rotatable bonds is 6. The zero-order valence-electron chi connectivity index (χ0n) is 15.7. The zero-order valence-corrected chi connectivity index (χ0v) is 15.7. The molecule has 1 saturated carbocycles. The van der Waals surface area contributed by atoms with Crippen molar-refractivity contribution in [3.63, 3.8) is 0 Å². The van der Waals surface area contributed by atoms with Gasteiger partial charge >= 0.3 is 0 Å². The zero-order chi connectivity index (χ0) is 19.7. The topological polar surface area (TPSA) is 70.0 Å². The quantitative estimate of drug-likeness (QED) is 0.822. The van der Waals surface area contributed by atoms with Crippen LogP contribution in [-0.2, 0) is 16.0 Å². The van der Waals surface area contributed by atoms with Gasteiger partial charge in [0.1, 0.15) is 5.82 Å². The van der Waals surface area contributed by atoms with Gasteiger partial charge in [-0.05, 0) is 60.4 Å². The summed E-state index contributed by atoms with van der Waals surface area (Å²) in [4.78, 5) is 23.9. The van der Waals surface area contributed by atoms with E-state index >= 15 is 0 Å². The lowest BCUT2D eigenvalue weighted by molar-refractivity contribution is -0.122. The Morgan fingerprint density at radius 3 is 2.79 bits per heavy atom. The van der Waals surface area contributed by atoms with Crippen LogP contribution in [0.4, 0.5) is 4.39 Å². The van der Waals surface area contributed by atoms with Gasteiger partial charge in [-0.25, -0.2) is 4.39 Å². The summed E-state index contributed by atoms with van der Waals surface area (Å²) in [5.41, 5.74) is 1.97. The number of nitrogens with zero attached hydrogens (tertiary/aromatic N) is 1. The molecule has 2 fully saturated rings. The summed E-state index contributed by atoms with van der Waals surface area (Å²) < 4.78 is 14.6. The van der Waals surface area contributed by atoms with Gasteiger partial charge in [0.05, 0.1) is 18.0 Å². The molecule has 1 N–H and O–H groups in total. The third-order valence-corrected chi connectivity index (χ3v) is 6.16. The Balaban J connectivity index is 1.41. The van der Waals surface area contributed by atoms with E-state index in [4.69, 9.17) is 0 Å². The van der Waals surface area contributed by atoms with Crippen LogP contribution in [0.15, 0.2) is 36.4 Å². The molecule has 0 unspecified atom stereocenters. The van der Waals surface area contributed by atoms with E-state index in [2.05, 4.69) is 11.4 Å². The van der Waals surface area contributed by atoms with Crippen molar-refractivity contribution in [1.82, 2.24) is 5.32 Å². The Kier molecular flexibility index (Phi) is 5.23. The lowest BCUT2D eigenvalue weighted by Gasteiger charge is -2.22. The molecule has 1 aliphatic heterocycles. The third-order valence-electron chi connectivity index (χ3n) is 6.16. The second-order valence-electron chi connectivity index (χ2n) is 8.08. The standard InChI is InChI=1S/C23H23FN2O2/c24-21-12-16(15-4-7-20(27)8-5-15)1-2-17(21)9-14(13-25)10-22(28)23-18-3-6-19(11-18)26-23/h1-2,4-5,7,12,14,18-19,23,26H,3,6,8-11H2/t14-,18+,19-,23+/m1/s1. The molecule has 144 valence electrons. The smallest absolute Gasteiger partial charge is 0.159 e. The number of hydrogen-bond donors (Lipinski definition) is 1. The van der Waals surface area contributed by atoms with E-state index in [9.17, 15) is 19.2 Å². The van der Waals surface area contributed by atoms with Crippen molar-refractivity contribution >= 4 is 17.1 Å². The molecule has 4 rings (SSSR count). The molecule has 28 heavy (non-hydrogen) atoms. The summed E-state index contributed by atoms with van der Waals surface area (Å²) in [5.74, 6) is -0.392. The average molecular weight is 378 g/mol. The number of allylic oxidation sites excluding steroid dienone is 4. The van der Waals surface area contributed by atoms with Crippen molar-refractivity contribution in [3.05, 3.63) is 53.4 Å².